The molecule has 4 heteroatoms. The van der Waals surface area contributed by atoms with Crippen LogP contribution in [0.25, 0.3) is 0 Å². The predicted octanol–water partition coefficient (Wildman–Crippen LogP) is 1.57. The number of nitrogens with one attached hydrogen (secondary N) is 1. The third kappa shape index (κ3) is 2.91. The lowest BCUT2D eigenvalue weighted by Gasteiger charge is -2.41. The van der Waals surface area contributed by atoms with Crippen LogP contribution in [0.2, 0.25) is 0 Å². The smallest absolute Gasteiger partial charge is 0.142 e. The minimum Gasteiger partial charge on any atom is -0.495 e. The van der Waals surface area contributed by atoms with E-state index < -0.39 is 0 Å². The number of ether oxygens (including phenoxy) is 1. The standard InChI is InChI=1S/C16H25N3O/c1-20-16-5-3-2-4-15(16)19-10-6-14(7-11-19)18-12-8-17-9-13-18/h2-5,14,17H,6-13H2,1H3. The van der Waals surface area contributed by atoms with Gasteiger partial charge in [0.2, 0.25) is 0 Å². The first-order valence-electron chi connectivity index (χ1n) is 7.71. The van der Waals surface area contributed by atoms with E-state index >= 15 is 0 Å². The van der Waals surface area contributed by atoms with Gasteiger partial charge in [-0.3, -0.25) is 4.90 Å². The van der Waals surface area contributed by atoms with E-state index in [9.17, 15) is 0 Å². The van der Waals surface area contributed by atoms with Crippen LogP contribution in [0.4, 0.5) is 5.69 Å². The summed E-state index contributed by atoms with van der Waals surface area (Å²) in [5.41, 5.74) is 1.24. The lowest BCUT2D eigenvalue weighted by molar-refractivity contribution is 0.150. The molecule has 2 fully saturated rings. The molecule has 2 heterocycles. The van der Waals surface area contributed by atoms with E-state index in [1.54, 1.807) is 7.11 Å². The van der Waals surface area contributed by atoms with Crippen LogP contribution in [-0.2, 0) is 0 Å². The largest absolute Gasteiger partial charge is 0.495 e. The summed E-state index contributed by atoms with van der Waals surface area (Å²) in [5.74, 6) is 0.994. The predicted molar refractivity (Wildman–Crippen MR) is 82.7 cm³/mol. The van der Waals surface area contributed by atoms with Crippen LogP contribution in [0.3, 0.4) is 0 Å². The molecule has 0 unspecified atom stereocenters. The summed E-state index contributed by atoms with van der Waals surface area (Å²) in [5, 5.41) is 3.43. The molecule has 2 aliphatic heterocycles. The number of hydrogen-bond donors (Lipinski definition) is 1. The molecule has 20 heavy (non-hydrogen) atoms. The number of anilines is 1. The normalized spacial score (nSPS) is 21.9. The van der Waals surface area contributed by atoms with Gasteiger partial charge in [0, 0.05) is 45.3 Å². The highest BCUT2D eigenvalue weighted by Gasteiger charge is 2.26. The van der Waals surface area contributed by atoms with Crippen molar-refractivity contribution in [2.24, 2.45) is 0 Å². The van der Waals surface area contributed by atoms with Crippen molar-refractivity contribution in [2.75, 3.05) is 51.3 Å². The number of piperidine rings is 1. The Morgan fingerprint density at radius 2 is 1.75 bits per heavy atom. The van der Waals surface area contributed by atoms with Crippen LogP contribution in [0, 0.1) is 0 Å². The molecule has 110 valence electrons. The molecule has 0 aromatic heterocycles. The number of methoxy groups -OCH3 is 1. The maximum absolute atomic E-state index is 5.48. The summed E-state index contributed by atoms with van der Waals surface area (Å²) in [7, 11) is 1.76. The molecule has 3 rings (SSSR count). The Balaban J connectivity index is 1.60. The Morgan fingerprint density at radius 1 is 1.05 bits per heavy atom. The zero-order valence-corrected chi connectivity index (χ0v) is 12.3. The Bertz CT molecular complexity index is 423. The van der Waals surface area contributed by atoms with Gasteiger partial charge in [0.1, 0.15) is 5.75 Å². The number of piperazine rings is 1. The van der Waals surface area contributed by atoms with Gasteiger partial charge in [-0.1, -0.05) is 12.1 Å². The molecule has 1 aromatic rings. The van der Waals surface area contributed by atoms with Crippen molar-refractivity contribution < 1.29 is 4.74 Å². The Morgan fingerprint density at radius 3 is 2.45 bits per heavy atom. The van der Waals surface area contributed by atoms with Crippen LogP contribution < -0.4 is 15.0 Å². The minimum atomic E-state index is 0.767. The van der Waals surface area contributed by atoms with E-state index in [0.29, 0.717) is 0 Å². The number of rotatable bonds is 3. The summed E-state index contributed by atoms with van der Waals surface area (Å²) in [4.78, 5) is 5.13. The number of hydrogen-bond acceptors (Lipinski definition) is 4. The SMILES string of the molecule is COc1ccccc1N1CCC(N2CCNCC2)CC1. The van der Waals surface area contributed by atoms with Gasteiger partial charge >= 0.3 is 0 Å². The highest BCUT2D eigenvalue weighted by Crippen LogP contribution is 2.30. The molecule has 0 amide bonds. The van der Waals surface area contributed by atoms with Crippen molar-refractivity contribution in [3.63, 3.8) is 0 Å². The molecule has 0 spiro atoms. The van der Waals surface area contributed by atoms with Crippen LogP contribution in [0.1, 0.15) is 12.8 Å². The van der Waals surface area contributed by atoms with E-state index in [-0.39, 0.29) is 0 Å². The molecule has 0 aliphatic carbocycles. The van der Waals surface area contributed by atoms with E-state index in [1.807, 2.05) is 6.07 Å². The van der Waals surface area contributed by atoms with Gasteiger partial charge in [-0.05, 0) is 25.0 Å². The van der Waals surface area contributed by atoms with E-state index in [4.69, 9.17) is 4.74 Å². The van der Waals surface area contributed by atoms with E-state index in [2.05, 4.69) is 33.3 Å². The second kappa shape index (κ2) is 6.46. The Kier molecular flexibility index (Phi) is 4.43. The fourth-order valence-electron chi connectivity index (χ4n) is 3.41. The average Bonchev–Trinajstić information content (AvgIpc) is 2.56. The molecule has 2 saturated heterocycles. The van der Waals surface area contributed by atoms with Gasteiger partial charge in [-0.15, -0.1) is 0 Å². The molecular weight excluding hydrogens is 250 g/mol. The molecule has 0 saturated carbocycles. The van der Waals surface area contributed by atoms with Crippen LogP contribution in [0.5, 0.6) is 5.75 Å². The Hall–Kier alpha value is -1.26. The quantitative estimate of drug-likeness (QED) is 0.906. The third-order valence-electron chi connectivity index (χ3n) is 4.56. The summed E-state index contributed by atoms with van der Waals surface area (Å²) in [6.07, 6.45) is 2.52. The Labute approximate surface area is 121 Å². The first-order valence-corrected chi connectivity index (χ1v) is 7.71. The van der Waals surface area contributed by atoms with Gasteiger partial charge in [0.05, 0.1) is 12.8 Å². The molecule has 1 aromatic carbocycles. The lowest BCUT2D eigenvalue weighted by atomic mass is 10.0. The van der Waals surface area contributed by atoms with Crippen molar-refractivity contribution in [3.05, 3.63) is 24.3 Å². The zero-order chi connectivity index (χ0) is 13.8. The van der Waals surface area contributed by atoms with Gasteiger partial charge in [0.15, 0.2) is 0 Å². The average molecular weight is 275 g/mol. The van der Waals surface area contributed by atoms with Crippen LogP contribution in [-0.4, -0.2) is 57.3 Å². The summed E-state index contributed by atoms with van der Waals surface area (Å²) in [6.45, 7) is 6.97. The second-order valence-corrected chi connectivity index (χ2v) is 5.68. The zero-order valence-electron chi connectivity index (χ0n) is 12.3. The van der Waals surface area contributed by atoms with Gasteiger partial charge in [-0.2, -0.15) is 0 Å². The highest BCUT2D eigenvalue weighted by molar-refractivity contribution is 5.58. The fourth-order valence-corrected chi connectivity index (χ4v) is 3.41. The maximum Gasteiger partial charge on any atom is 0.142 e. The second-order valence-electron chi connectivity index (χ2n) is 5.68. The van der Waals surface area contributed by atoms with Gasteiger partial charge in [0.25, 0.3) is 0 Å². The molecule has 0 radical (unpaired) electrons. The van der Waals surface area contributed by atoms with Crippen molar-refractivity contribution >= 4 is 5.69 Å². The molecule has 1 N–H and O–H groups in total. The maximum atomic E-state index is 5.48. The number of para-hydroxylation sites is 2. The summed E-state index contributed by atoms with van der Waals surface area (Å²) in [6, 6.07) is 9.13. The topological polar surface area (TPSA) is 27.7 Å². The molecular formula is C16H25N3O. The summed E-state index contributed by atoms with van der Waals surface area (Å²) >= 11 is 0. The number of nitrogens with zero attached hydrogens (tertiary/aromatic N) is 2. The monoisotopic (exact) mass is 275 g/mol. The van der Waals surface area contributed by atoms with Crippen molar-refractivity contribution in [1.29, 1.82) is 0 Å². The number of benzene rings is 1. The minimum absolute atomic E-state index is 0.767. The first-order chi connectivity index (χ1) is 9.88. The van der Waals surface area contributed by atoms with Gasteiger partial charge < -0.3 is 15.0 Å². The molecule has 4 nitrogen and oxygen atoms in total. The van der Waals surface area contributed by atoms with Crippen LogP contribution in [0.15, 0.2) is 24.3 Å². The first kappa shape index (κ1) is 13.7. The van der Waals surface area contributed by atoms with Crippen LogP contribution >= 0.6 is 0 Å². The van der Waals surface area contributed by atoms with Crippen molar-refractivity contribution in [1.82, 2.24) is 10.2 Å². The van der Waals surface area contributed by atoms with Crippen molar-refractivity contribution in [3.8, 4) is 5.75 Å². The van der Waals surface area contributed by atoms with E-state index in [0.717, 1.165) is 38.0 Å². The molecule has 2 aliphatic rings. The lowest BCUT2D eigenvalue weighted by Crippen LogP contribution is -2.52. The highest BCUT2D eigenvalue weighted by atomic mass is 16.5. The van der Waals surface area contributed by atoms with E-state index in [1.165, 1.54) is 31.6 Å². The molecule has 0 bridgehead atoms. The van der Waals surface area contributed by atoms with Gasteiger partial charge in [-0.25, -0.2) is 0 Å². The molecule has 0 atom stereocenters. The fraction of sp³-hybridized carbons (Fsp3) is 0.625. The van der Waals surface area contributed by atoms with Crippen molar-refractivity contribution in [2.45, 2.75) is 18.9 Å². The third-order valence-corrected chi connectivity index (χ3v) is 4.56. The summed E-state index contributed by atoms with van der Waals surface area (Å²) < 4.78 is 5.48.